The van der Waals surface area contributed by atoms with Gasteiger partial charge in [0.05, 0.1) is 30.4 Å². The molecule has 1 aliphatic rings. The van der Waals surface area contributed by atoms with Crippen LogP contribution in [0.4, 0.5) is 0 Å². The van der Waals surface area contributed by atoms with E-state index < -0.39 is 10.0 Å². The Kier molecular flexibility index (Phi) is 6.53. The van der Waals surface area contributed by atoms with Gasteiger partial charge in [-0.05, 0) is 13.0 Å². The zero-order valence-corrected chi connectivity index (χ0v) is 15.3. The van der Waals surface area contributed by atoms with E-state index in [1.165, 1.54) is 19.2 Å². The molecule has 1 atom stereocenters. The van der Waals surface area contributed by atoms with Gasteiger partial charge in [-0.1, -0.05) is 23.2 Å². The summed E-state index contributed by atoms with van der Waals surface area (Å²) in [7, 11) is -2.33. The molecule has 0 aliphatic carbocycles. The molecular formula is C14H20Cl2N2O4S. The number of benzene rings is 1. The Bertz CT molecular complexity index is 648. The number of nitrogens with one attached hydrogen (secondary N) is 1. The van der Waals surface area contributed by atoms with Crippen molar-refractivity contribution >= 4 is 33.2 Å². The molecule has 1 saturated heterocycles. The van der Waals surface area contributed by atoms with Crippen LogP contribution >= 0.6 is 23.2 Å². The van der Waals surface area contributed by atoms with Gasteiger partial charge in [-0.25, -0.2) is 13.1 Å². The lowest BCUT2D eigenvalue weighted by molar-refractivity contribution is 0.0354. The summed E-state index contributed by atoms with van der Waals surface area (Å²) < 4.78 is 38.0. The summed E-state index contributed by atoms with van der Waals surface area (Å²) in [5, 5.41) is 0.260. The minimum atomic E-state index is -3.77. The molecule has 6 nitrogen and oxygen atoms in total. The first-order valence-electron chi connectivity index (χ1n) is 7.19. The van der Waals surface area contributed by atoms with Crippen molar-refractivity contribution < 1.29 is 17.9 Å². The summed E-state index contributed by atoms with van der Waals surface area (Å²) in [4.78, 5) is 2.10. The van der Waals surface area contributed by atoms with E-state index in [2.05, 4.69) is 9.62 Å². The summed E-state index contributed by atoms with van der Waals surface area (Å²) >= 11 is 12.1. The fraction of sp³-hybridized carbons (Fsp3) is 0.571. The quantitative estimate of drug-likeness (QED) is 0.814. The summed E-state index contributed by atoms with van der Waals surface area (Å²) in [6, 6.07) is 2.42. The molecule has 0 saturated carbocycles. The standard InChI is InChI=1S/C14H20Cl2N2O4S/c1-10(9-18-3-5-22-6-4-18)17-23(19,20)14-8-11(15)13(21-2)7-12(14)16/h7-8,10,17H,3-6,9H2,1-2H3. The largest absolute Gasteiger partial charge is 0.495 e. The Morgan fingerprint density at radius 3 is 2.57 bits per heavy atom. The Morgan fingerprint density at radius 2 is 1.96 bits per heavy atom. The minimum absolute atomic E-state index is 0.0567. The third kappa shape index (κ3) is 4.95. The third-order valence-electron chi connectivity index (χ3n) is 3.49. The van der Waals surface area contributed by atoms with Gasteiger partial charge in [0.25, 0.3) is 0 Å². The maximum absolute atomic E-state index is 12.5. The first-order chi connectivity index (χ1) is 10.8. The lowest BCUT2D eigenvalue weighted by Crippen LogP contribution is -2.45. The van der Waals surface area contributed by atoms with E-state index in [-0.39, 0.29) is 21.0 Å². The second-order valence-corrected chi connectivity index (χ2v) is 7.85. The summed E-state index contributed by atoms with van der Waals surface area (Å²) in [5.74, 6) is 0.331. The van der Waals surface area contributed by atoms with E-state index in [1.54, 1.807) is 0 Å². The van der Waals surface area contributed by atoms with Crippen molar-refractivity contribution in [3.05, 3.63) is 22.2 Å². The second kappa shape index (κ2) is 8.00. The predicted octanol–water partition coefficient (Wildman–Crippen LogP) is 2.00. The average molecular weight is 383 g/mol. The van der Waals surface area contributed by atoms with E-state index in [0.29, 0.717) is 25.5 Å². The molecule has 0 spiro atoms. The number of nitrogens with zero attached hydrogens (tertiary/aromatic N) is 1. The van der Waals surface area contributed by atoms with Gasteiger partial charge >= 0.3 is 0 Å². The maximum Gasteiger partial charge on any atom is 0.242 e. The second-order valence-electron chi connectivity index (χ2n) is 5.35. The number of morpholine rings is 1. The summed E-state index contributed by atoms with van der Waals surface area (Å²) in [6.45, 7) is 5.33. The van der Waals surface area contributed by atoms with Crippen molar-refractivity contribution in [2.75, 3.05) is 40.0 Å². The van der Waals surface area contributed by atoms with Crippen molar-refractivity contribution in [3.8, 4) is 5.75 Å². The first kappa shape index (κ1) is 18.8. The van der Waals surface area contributed by atoms with Crippen LogP contribution in [-0.2, 0) is 14.8 Å². The minimum Gasteiger partial charge on any atom is -0.495 e. The lowest BCUT2D eigenvalue weighted by atomic mass is 10.3. The molecule has 0 amide bonds. The molecule has 23 heavy (non-hydrogen) atoms. The highest BCUT2D eigenvalue weighted by Crippen LogP contribution is 2.33. The molecule has 1 aromatic carbocycles. The van der Waals surface area contributed by atoms with Crippen LogP contribution in [0.15, 0.2) is 17.0 Å². The van der Waals surface area contributed by atoms with E-state index in [4.69, 9.17) is 32.7 Å². The number of ether oxygens (including phenoxy) is 2. The van der Waals surface area contributed by atoms with Crippen LogP contribution in [0.5, 0.6) is 5.75 Å². The molecule has 0 aromatic heterocycles. The highest BCUT2D eigenvalue weighted by atomic mass is 35.5. The Morgan fingerprint density at radius 1 is 1.30 bits per heavy atom. The topological polar surface area (TPSA) is 67.9 Å². The van der Waals surface area contributed by atoms with Gasteiger partial charge in [0.2, 0.25) is 10.0 Å². The smallest absolute Gasteiger partial charge is 0.242 e. The van der Waals surface area contributed by atoms with Crippen molar-refractivity contribution in [2.45, 2.75) is 17.9 Å². The molecular weight excluding hydrogens is 363 g/mol. The zero-order chi connectivity index (χ0) is 17.0. The van der Waals surface area contributed by atoms with Crippen LogP contribution in [0.3, 0.4) is 0 Å². The Hall–Kier alpha value is -0.570. The van der Waals surface area contributed by atoms with Gasteiger partial charge in [-0.3, -0.25) is 4.90 Å². The first-order valence-corrected chi connectivity index (χ1v) is 9.43. The van der Waals surface area contributed by atoms with E-state index in [1.807, 2.05) is 6.92 Å². The number of hydrogen-bond acceptors (Lipinski definition) is 5. The molecule has 1 heterocycles. The van der Waals surface area contributed by atoms with Crippen LogP contribution in [0.25, 0.3) is 0 Å². The van der Waals surface area contributed by atoms with Crippen LogP contribution in [0, 0.1) is 0 Å². The van der Waals surface area contributed by atoms with E-state index in [0.717, 1.165) is 13.1 Å². The summed E-state index contributed by atoms with van der Waals surface area (Å²) in [5.41, 5.74) is 0. The van der Waals surface area contributed by atoms with Crippen molar-refractivity contribution in [2.24, 2.45) is 0 Å². The lowest BCUT2D eigenvalue weighted by Gasteiger charge is -2.29. The number of methoxy groups -OCH3 is 1. The highest BCUT2D eigenvalue weighted by molar-refractivity contribution is 7.89. The van der Waals surface area contributed by atoms with Gasteiger partial charge in [0, 0.05) is 31.7 Å². The molecule has 2 rings (SSSR count). The molecule has 1 aliphatic heterocycles. The van der Waals surface area contributed by atoms with Crippen LogP contribution in [0.2, 0.25) is 10.0 Å². The molecule has 1 unspecified atom stereocenters. The van der Waals surface area contributed by atoms with Crippen LogP contribution in [-0.4, -0.2) is 59.3 Å². The monoisotopic (exact) mass is 382 g/mol. The molecule has 9 heteroatoms. The number of rotatable bonds is 6. The maximum atomic E-state index is 12.5. The third-order valence-corrected chi connectivity index (χ3v) is 5.84. The fourth-order valence-corrected chi connectivity index (χ4v) is 4.49. The molecule has 0 radical (unpaired) electrons. The number of sulfonamides is 1. The van der Waals surface area contributed by atoms with E-state index >= 15 is 0 Å². The van der Waals surface area contributed by atoms with Gasteiger partial charge in [0.1, 0.15) is 10.6 Å². The van der Waals surface area contributed by atoms with Crippen LogP contribution in [0.1, 0.15) is 6.92 Å². The SMILES string of the molecule is COc1cc(Cl)c(S(=O)(=O)NC(C)CN2CCOCC2)cc1Cl. The highest BCUT2D eigenvalue weighted by Gasteiger charge is 2.24. The molecule has 1 aromatic rings. The molecule has 0 bridgehead atoms. The van der Waals surface area contributed by atoms with Gasteiger partial charge in [0.15, 0.2) is 0 Å². The summed E-state index contributed by atoms with van der Waals surface area (Å²) in [6.07, 6.45) is 0. The molecule has 1 fully saturated rings. The zero-order valence-electron chi connectivity index (χ0n) is 13.0. The van der Waals surface area contributed by atoms with Gasteiger partial charge in [-0.15, -0.1) is 0 Å². The van der Waals surface area contributed by atoms with Crippen molar-refractivity contribution in [3.63, 3.8) is 0 Å². The number of halogens is 2. The molecule has 130 valence electrons. The Balaban J connectivity index is 2.10. The number of hydrogen-bond donors (Lipinski definition) is 1. The fourth-order valence-electron chi connectivity index (χ4n) is 2.41. The van der Waals surface area contributed by atoms with Crippen molar-refractivity contribution in [1.29, 1.82) is 0 Å². The van der Waals surface area contributed by atoms with Crippen LogP contribution < -0.4 is 9.46 Å². The van der Waals surface area contributed by atoms with Gasteiger partial charge in [-0.2, -0.15) is 0 Å². The van der Waals surface area contributed by atoms with Gasteiger partial charge < -0.3 is 9.47 Å². The normalized spacial score (nSPS) is 17.9. The molecule has 1 N–H and O–H groups in total. The van der Waals surface area contributed by atoms with Crippen molar-refractivity contribution in [1.82, 2.24) is 9.62 Å². The Labute approximate surface area is 146 Å². The average Bonchev–Trinajstić information content (AvgIpc) is 2.49. The predicted molar refractivity (Wildman–Crippen MR) is 90.1 cm³/mol. The van der Waals surface area contributed by atoms with E-state index in [9.17, 15) is 8.42 Å².